The topological polar surface area (TPSA) is 94.3 Å². The molecule has 1 fully saturated rings. The van der Waals surface area contributed by atoms with Gasteiger partial charge in [0.1, 0.15) is 16.9 Å². The Morgan fingerprint density at radius 2 is 1.94 bits per heavy atom. The Morgan fingerprint density at radius 3 is 2.79 bits per heavy atom. The molecule has 10 heteroatoms. The first-order valence-electron chi connectivity index (χ1n) is 11.3. The smallest absolute Gasteiger partial charge is 0.270 e. The number of nitrogens with one attached hydrogen (secondary N) is 1. The van der Waals surface area contributed by atoms with Crippen LogP contribution in [0.15, 0.2) is 40.2 Å². The average molecular weight is 471 g/mol. The maximum Gasteiger partial charge on any atom is 0.270 e. The highest BCUT2D eigenvalue weighted by atomic mass is 35.5. The molecule has 6 heterocycles. The zero-order chi connectivity index (χ0) is 21.7. The zero-order valence-electron chi connectivity index (χ0n) is 18.3. The van der Waals surface area contributed by atoms with Crippen molar-refractivity contribution in [1.29, 1.82) is 0 Å². The Balaban J connectivity index is 0.00000228. The second-order valence-electron chi connectivity index (χ2n) is 8.95. The van der Waals surface area contributed by atoms with Gasteiger partial charge in [-0.05, 0) is 38.1 Å². The quantitative estimate of drug-likeness (QED) is 0.597. The van der Waals surface area contributed by atoms with Crippen LogP contribution in [0, 0.1) is 0 Å². The van der Waals surface area contributed by atoms with E-state index in [1.165, 1.54) is 11.8 Å². The van der Waals surface area contributed by atoms with E-state index in [4.69, 9.17) is 4.74 Å². The monoisotopic (exact) mass is 470 g/mol. The normalized spacial score (nSPS) is 19.9. The maximum absolute atomic E-state index is 12.6. The van der Waals surface area contributed by atoms with Crippen LogP contribution >= 0.6 is 12.4 Å². The molecule has 3 aromatic heterocycles. The number of nitrogens with zero attached hydrogens (tertiary/aromatic N) is 5. The van der Waals surface area contributed by atoms with Crippen molar-refractivity contribution < 1.29 is 4.74 Å². The lowest BCUT2D eigenvalue weighted by Crippen LogP contribution is -2.44. The van der Waals surface area contributed by atoms with Gasteiger partial charge < -0.3 is 15.0 Å². The van der Waals surface area contributed by atoms with Gasteiger partial charge in [0.2, 0.25) is 0 Å². The summed E-state index contributed by atoms with van der Waals surface area (Å²) in [5.41, 5.74) is 3.45. The van der Waals surface area contributed by atoms with Crippen molar-refractivity contribution in [2.45, 2.75) is 44.4 Å². The molecule has 0 bridgehead atoms. The van der Waals surface area contributed by atoms with Crippen LogP contribution in [-0.2, 0) is 19.5 Å². The van der Waals surface area contributed by atoms with Gasteiger partial charge in [-0.25, -0.2) is 4.98 Å². The summed E-state index contributed by atoms with van der Waals surface area (Å²) in [6.07, 6.45) is 6.25. The van der Waals surface area contributed by atoms with E-state index in [1.54, 1.807) is 21.3 Å². The summed E-state index contributed by atoms with van der Waals surface area (Å²) in [5.74, 6) is 0.920. The molecule has 33 heavy (non-hydrogen) atoms. The summed E-state index contributed by atoms with van der Waals surface area (Å²) in [6, 6.07) is 5.82. The number of piperidine rings is 1. The van der Waals surface area contributed by atoms with Gasteiger partial charge in [-0.1, -0.05) is 0 Å². The molecule has 0 amide bonds. The van der Waals surface area contributed by atoms with Gasteiger partial charge >= 0.3 is 0 Å². The van der Waals surface area contributed by atoms with E-state index in [-0.39, 0.29) is 29.6 Å². The fourth-order valence-electron chi connectivity index (χ4n) is 5.26. The molecule has 0 aliphatic carbocycles. The van der Waals surface area contributed by atoms with Crippen molar-refractivity contribution in [1.82, 2.24) is 29.3 Å². The van der Waals surface area contributed by atoms with Crippen molar-refractivity contribution in [2.75, 3.05) is 26.2 Å². The van der Waals surface area contributed by atoms with Gasteiger partial charge in [-0.2, -0.15) is 0 Å². The van der Waals surface area contributed by atoms with E-state index < -0.39 is 0 Å². The Bertz CT molecular complexity index is 1290. The van der Waals surface area contributed by atoms with Crippen LogP contribution in [0.25, 0.3) is 11.2 Å². The maximum atomic E-state index is 12.6. The Hall–Kier alpha value is -2.75. The molecule has 6 rings (SSSR count). The van der Waals surface area contributed by atoms with Gasteiger partial charge in [0.25, 0.3) is 11.1 Å². The van der Waals surface area contributed by atoms with Crippen LogP contribution in [0.4, 0.5) is 0 Å². The molecule has 3 aliphatic heterocycles. The van der Waals surface area contributed by atoms with Crippen LogP contribution in [-0.4, -0.2) is 56.3 Å². The van der Waals surface area contributed by atoms with Crippen molar-refractivity contribution in [3.63, 3.8) is 0 Å². The Labute approximate surface area is 196 Å². The number of hydrogen-bond acceptors (Lipinski definition) is 7. The van der Waals surface area contributed by atoms with E-state index in [9.17, 15) is 9.59 Å². The lowest BCUT2D eigenvalue weighted by atomic mass is 10.0. The second kappa shape index (κ2) is 8.89. The summed E-state index contributed by atoms with van der Waals surface area (Å²) in [7, 11) is 0. The summed E-state index contributed by atoms with van der Waals surface area (Å²) in [4.78, 5) is 36.0. The van der Waals surface area contributed by atoms with E-state index in [1.807, 2.05) is 6.20 Å². The first kappa shape index (κ1) is 22.1. The molecule has 1 saturated heterocycles. The van der Waals surface area contributed by atoms with Crippen LogP contribution in [0.2, 0.25) is 0 Å². The number of aromatic nitrogens is 4. The zero-order valence-corrected chi connectivity index (χ0v) is 19.1. The number of likely N-dealkylation sites (tertiary alicyclic amines) is 1. The van der Waals surface area contributed by atoms with E-state index in [0.29, 0.717) is 23.8 Å². The molecule has 0 unspecified atom stereocenters. The van der Waals surface area contributed by atoms with Gasteiger partial charge in [-0.3, -0.25) is 23.7 Å². The number of pyridine rings is 2. The summed E-state index contributed by atoms with van der Waals surface area (Å²) >= 11 is 0. The lowest BCUT2D eigenvalue weighted by Gasteiger charge is -2.34. The minimum Gasteiger partial charge on any atom is -0.491 e. The standard InChI is InChI=1S/C23H26N6O3.ClH/c30-21-2-1-19-23-28(22(31)12-26-19)14-18(29(21)23)13-27-6-3-16(4-7-27)24-10-17-9-15-5-8-32-20(15)11-25-17;/h1-2,9,11-12,16,18,24H,3-8,10,13-14H2;1H/t18-;/m1./s1. The minimum absolute atomic E-state index is 0. The van der Waals surface area contributed by atoms with Crippen LogP contribution in [0.1, 0.15) is 30.1 Å². The van der Waals surface area contributed by atoms with Crippen LogP contribution in [0.5, 0.6) is 5.75 Å². The molecule has 1 N–H and O–H groups in total. The molecule has 9 nitrogen and oxygen atoms in total. The summed E-state index contributed by atoms with van der Waals surface area (Å²) < 4.78 is 8.99. The Morgan fingerprint density at radius 1 is 1.09 bits per heavy atom. The number of rotatable bonds is 5. The molecule has 1 atom stereocenters. The van der Waals surface area contributed by atoms with Crippen LogP contribution < -0.4 is 21.2 Å². The average Bonchev–Trinajstić information content (AvgIpc) is 3.43. The van der Waals surface area contributed by atoms with Crippen molar-refractivity contribution in [2.24, 2.45) is 0 Å². The molecular formula is C23H27ClN6O3. The summed E-state index contributed by atoms with van der Waals surface area (Å²) in [6.45, 7) is 4.75. The number of fused-ring (bicyclic) bond motifs is 1. The largest absolute Gasteiger partial charge is 0.491 e. The molecule has 0 radical (unpaired) electrons. The van der Waals surface area contributed by atoms with E-state index >= 15 is 0 Å². The third kappa shape index (κ3) is 4.05. The first-order chi connectivity index (χ1) is 15.7. The van der Waals surface area contributed by atoms with Gasteiger partial charge in [0, 0.05) is 43.7 Å². The van der Waals surface area contributed by atoms with Gasteiger partial charge in [-0.15, -0.1) is 12.4 Å². The van der Waals surface area contributed by atoms with Crippen molar-refractivity contribution in [3.05, 3.63) is 62.6 Å². The molecular weight excluding hydrogens is 444 g/mol. The SMILES string of the molecule is Cl.O=c1cnc2ccc(=O)n3c2n1C[C@H]3CN1CCC(NCc2cc3c(cn2)OCC3)CC1. The second-order valence-corrected chi connectivity index (χ2v) is 8.95. The molecule has 3 aliphatic rings. The number of ether oxygens (including phenoxy) is 1. The third-order valence-corrected chi connectivity index (χ3v) is 6.94. The highest BCUT2D eigenvalue weighted by Crippen LogP contribution is 2.25. The van der Waals surface area contributed by atoms with Crippen molar-refractivity contribution in [3.8, 4) is 5.75 Å². The number of hydrogen-bond donors (Lipinski definition) is 1. The van der Waals surface area contributed by atoms with E-state index in [0.717, 1.165) is 63.5 Å². The molecule has 0 spiro atoms. The number of halogens is 1. The van der Waals surface area contributed by atoms with E-state index in [2.05, 4.69) is 26.3 Å². The fraction of sp³-hybridized carbons (Fsp3) is 0.478. The lowest BCUT2D eigenvalue weighted by molar-refractivity contribution is 0.171. The molecule has 0 saturated carbocycles. The highest BCUT2D eigenvalue weighted by Gasteiger charge is 2.29. The molecule has 0 aromatic carbocycles. The minimum atomic E-state index is -0.144. The van der Waals surface area contributed by atoms with Crippen molar-refractivity contribution >= 4 is 23.6 Å². The van der Waals surface area contributed by atoms with Gasteiger partial charge in [0.15, 0.2) is 0 Å². The predicted molar refractivity (Wildman–Crippen MR) is 126 cm³/mol. The molecule has 3 aromatic rings. The first-order valence-corrected chi connectivity index (χ1v) is 11.3. The van der Waals surface area contributed by atoms with Gasteiger partial charge in [0.05, 0.1) is 30.7 Å². The molecule has 174 valence electrons. The van der Waals surface area contributed by atoms with Crippen LogP contribution in [0.3, 0.4) is 0 Å². The fourth-order valence-corrected chi connectivity index (χ4v) is 5.26. The Kier molecular flexibility index (Phi) is 5.94. The predicted octanol–water partition coefficient (Wildman–Crippen LogP) is 1.12. The third-order valence-electron chi connectivity index (χ3n) is 6.94. The highest BCUT2D eigenvalue weighted by molar-refractivity contribution is 5.85. The summed E-state index contributed by atoms with van der Waals surface area (Å²) in [5, 5.41) is 3.65.